The van der Waals surface area contributed by atoms with Crippen molar-refractivity contribution in [1.29, 1.82) is 0 Å². The number of hydrogen-bond donors (Lipinski definition) is 3. The minimum Gasteiger partial charge on any atom is -0.480 e. The van der Waals surface area contributed by atoms with Crippen LogP contribution in [0.3, 0.4) is 0 Å². The molecule has 0 heterocycles. The number of alkyl carbamates (subject to hydrolysis) is 1. The number of benzene rings is 2. The van der Waals surface area contributed by atoms with E-state index in [4.69, 9.17) is 9.84 Å². The highest BCUT2D eigenvalue weighted by Gasteiger charge is 2.58. The molecule has 0 radical (unpaired) electrons. The van der Waals surface area contributed by atoms with Crippen molar-refractivity contribution in [1.82, 2.24) is 10.6 Å². The molecule has 1 aliphatic rings. The Morgan fingerprint density at radius 3 is 2.03 bits per heavy atom. The zero-order chi connectivity index (χ0) is 25.1. The number of carboxylic acids is 1. The van der Waals surface area contributed by atoms with E-state index < -0.39 is 35.7 Å². The number of ether oxygens (including phenoxy) is 1. The van der Waals surface area contributed by atoms with E-state index in [1.54, 1.807) is 12.2 Å². The lowest BCUT2D eigenvalue weighted by Crippen LogP contribution is -2.66. The van der Waals surface area contributed by atoms with E-state index in [1.807, 2.05) is 53.8 Å². The summed E-state index contributed by atoms with van der Waals surface area (Å²) in [6.45, 7) is 1.84. The number of halogens is 3. The van der Waals surface area contributed by atoms with Gasteiger partial charge in [-0.3, -0.25) is 10.1 Å². The fourth-order valence-electron chi connectivity index (χ4n) is 3.94. The third kappa shape index (κ3) is 4.85. The number of alkyl halides is 3. The third-order valence-corrected chi connectivity index (χ3v) is 5.90. The highest BCUT2D eigenvalue weighted by atomic mass is 19.4. The van der Waals surface area contributed by atoms with Crippen LogP contribution in [0.15, 0.2) is 48.5 Å². The molecule has 3 N–H and O–H groups in total. The maximum atomic E-state index is 13.8. The molecule has 0 saturated carbocycles. The maximum absolute atomic E-state index is 13.8. The smallest absolute Gasteiger partial charge is 0.420 e. The largest absolute Gasteiger partial charge is 0.480 e. The third-order valence-electron chi connectivity index (χ3n) is 5.90. The van der Waals surface area contributed by atoms with Crippen LogP contribution in [0.25, 0.3) is 11.1 Å². The van der Waals surface area contributed by atoms with Crippen molar-refractivity contribution < 1.29 is 37.4 Å². The molecule has 0 aromatic heterocycles. The van der Waals surface area contributed by atoms with Crippen molar-refractivity contribution in [3.8, 4) is 11.1 Å². The maximum Gasteiger partial charge on any atom is 0.420 e. The normalized spacial score (nSPS) is 15.4. The van der Waals surface area contributed by atoms with Crippen LogP contribution in [0.5, 0.6) is 0 Å². The van der Waals surface area contributed by atoms with Crippen molar-refractivity contribution in [2.24, 2.45) is 0 Å². The Labute approximate surface area is 194 Å². The molecule has 1 aliphatic carbocycles. The van der Waals surface area contributed by atoms with E-state index in [9.17, 15) is 27.6 Å². The van der Waals surface area contributed by atoms with Gasteiger partial charge in [0.15, 0.2) is 0 Å². The number of amides is 2. The summed E-state index contributed by atoms with van der Waals surface area (Å²) in [7, 11) is 0. The van der Waals surface area contributed by atoms with Crippen molar-refractivity contribution >= 4 is 18.0 Å². The highest BCUT2D eigenvalue weighted by Crippen LogP contribution is 2.44. The predicted molar refractivity (Wildman–Crippen MR) is 117 cm³/mol. The summed E-state index contributed by atoms with van der Waals surface area (Å²) in [5.41, 5.74) is 0.245. The number of carbonyl (C=O) groups is 3. The van der Waals surface area contributed by atoms with Crippen LogP contribution in [-0.4, -0.2) is 47.4 Å². The number of rotatable bonds is 8. The minimum atomic E-state index is -5.21. The van der Waals surface area contributed by atoms with E-state index in [2.05, 4.69) is 0 Å². The molecule has 2 amide bonds. The Bertz CT molecular complexity index is 1040. The molecule has 182 valence electrons. The summed E-state index contributed by atoms with van der Waals surface area (Å²) in [6.07, 6.45) is -6.41. The first-order chi connectivity index (χ1) is 16.0. The number of aliphatic carboxylic acids is 1. The van der Waals surface area contributed by atoms with E-state index in [1.165, 1.54) is 0 Å². The molecule has 10 heteroatoms. The molecule has 0 fully saturated rings. The van der Waals surface area contributed by atoms with Gasteiger partial charge in [0.1, 0.15) is 12.6 Å². The Hall–Kier alpha value is -3.56. The molecule has 7 nitrogen and oxygen atoms in total. The van der Waals surface area contributed by atoms with Crippen LogP contribution < -0.4 is 10.6 Å². The molecule has 34 heavy (non-hydrogen) atoms. The van der Waals surface area contributed by atoms with E-state index in [0.29, 0.717) is 13.3 Å². The van der Waals surface area contributed by atoms with Gasteiger partial charge in [0.05, 0.1) is 0 Å². The van der Waals surface area contributed by atoms with E-state index >= 15 is 0 Å². The molecule has 2 unspecified atom stereocenters. The second kappa shape index (κ2) is 9.74. The molecule has 3 rings (SSSR count). The molecule has 2 aromatic carbocycles. The molecule has 0 saturated heterocycles. The second-order valence-electron chi connectivity index (χ2n) is 8.23. The van der Waals surface area contributed by atoms with Crippen molar-refractivity contribution in [3.63, 3.8) is 0 Å². The molecule has 2 aromatic rings. The SMILES string of the molecule is CCCC(NC(=O)C(C)(NC(=O)OCC1c2ccccc2-c2ccccc21)C(F)(F)F)C(=O)O. The lowest BCUT2D eigenvalue weighted by atomic mass is 9.98. The predicted octanol–water partition coefficient (Wildman–Crippen LogP) is 4.22. The van der Waals surface area contributed by atoms with Crippen LogP contribution in [0.1, 0.15) is 43.7 Å². The average Bonchev–Trinajstić information content (AvgIpc) is 3.10. The average molecular weight is 478 g/mol. The summed E-state index contributed by atoms with van der Waals surface area (Å²) in [4.78, 5) is 36.1. The number of carboxylic acid groups (broad SMARTS) is 1. The van der Waals surface area contributed by atoms with E-state index in [-0.39, 0.29) is 18.9 Å². The summed E-state index contributed by atoms with van der Waals surface area (Å²) in [5.74, 6) is -3.54. The molecule has 0 spiro atoms. The van der Waals surface area contributed by atoms with Crippen molar-refractivity contribution in [2.75, 3.05) is 6.61 Å². The van der Waals surface area contributed by atoms with Crippen molar-refractivity contribution in [3.05, 3.63) is 59.7 Å². The van der Waals surface area contributed by atoms with Gasteiger partial charge < -0.3 is 15.2 Å². The molecule has 0 bridgehead atoms. The fraction of sp³-hybridized carbons (Fsp3) is 0.375. The van der Waals surface area contributed by atoms with Gasteiger partial charge in [-0.15, -0.1) is 0 Å². The first-order valence-corrected chi connectivity index (χ1v) is 10.7. The Morgan fingerprint density at radius 1 is 1.03 bits per heavy atom. The molecule has 2 atom stereocenters. The Kier molecular flexibility index (Phi) is 7.18. The Balaban J connectivity index is 1.75. The zero-order valence-corrected chi connectivity index (χ0v) is 18.6. The van der Waals surface area contributed by atoms with Gasteiger partial charge in [0.25, 0.3) is 5.91 Å². The van der Waals surface area contributed by atoms with Gasteiger partial charge in [0, 0.05) is 5.92 Å². The Morgan fingerprint density at radius 2 is 1.56 bits per heavy atom. The van der Waals surface area contributed by atoms with Crippen LogP contribution in [0, 0.1) is 0 Å². The van der Waals surface area contributed by atoms with Crippen LogP contribution in [0.4, 0.5) is 18.0 Å². The number of fused-ring (bicyclic) bond motifs is 3. The monoisotopic (exact) mass is 478 g/mol. The minimum absolute atomic E-state index is 0.0695. The summed E-state index contributed by atoms with van der Waals surface area (Å²) in [6, 6.07) is 13.4. The van der Waals surface area contributed by atoms with Crippen LogP contribution >= 0.6 is 0 Å². The number of carbonyl (C=O) groups excluding carboxylic acids is 2. The van der Waals surface area contributed by atoms with E-state index in [0.717, 1.165) is 22.3 Å². The van der Waals surface area contributed by atoms with Gasteiger partial charge >= 0.3 is 18.2 Å². The topological polar surface area (TPSA) is 105 Å². The molecular weight excluding hydrogens is 453 g/mol. The highest BCUT2D eigenvalue weighted by molar-refractivity contribution is 5.93. The fourth-order valence-corrected chi connectivity index (χ4v) is 3.94. The summed E-state index contributed by atoms with van der Waals surface area (Å²) in [5, 5.41) is 12.6. The van der Waals surface area contributed by atoms with Crippen molar-refractivity contribution in [2.45, 2.75) is 50.4 Å². The van der Waals surface area contributed by atoms with Crippen LogP contribution in [0.2, 0.25) is 0 Å². The van der Waals surface area contributed by atoms with Crippen LogP contribution in [-0.2, 0) is 14.3 Å². The first-order valence-electron chi connectivity index (χ1n) is 10.7. The van der Waals surface area contributed by atoms with Gasteiger partial charge in [0.2, 0.25) is 5.54 Å². The standard InChI is InChI=1S/C24H25F3N2O5/c1-3-8-19(20(30)31)28-21(32)23(2,24(25,26)27)29-22(33)34-13-18-16-11-6-4-9-14(16)15-10-5-7-12-17(15)18/h4-7,9-12,18-19H,3,8,13H2,1-2H3,(H,28,32)(H,29,33)(H,30,31). The molecular formula is C24H25F3N2O5. The van der Waals surface area contributed by atoms with Gasteiger partial charge in [-0.2, -0.15) is 13.2 Å². The summed E-state index contributed by atoms with van der Waals surface area (Å²) < 4.78 is 46.6. The molecule has 0 aliphatic heterocycles. The lowest BCUT2D eigenvalue weighted by molar-refractivity contribution is -0.195. The van der Waals surface area contributed by atoms with Gasteiger partial charge in [-0.1, -0.05) is 61.9 Å². The van der Waals surface area contributed by atoms with Gasteiger partial charge in [-0.05, 0) is 35.6 Å². The lowest BCUT2D eigenvalue weighted by Gasteiger charge is -2.32. The van der Waals surface area contributed by atoms with Gasteiger partial charge in [-0.25, -0.2) is 9.59 Å². The summed E-state index contributed by atoms with van der Waals surface area (Å²) >= 11 is 0. The zero-order valence-electron chi connectivity index (χ0n) is 18.6. The number of hydrogen-bond acceptors (Lipinski definition) is 4. The second-order valence-corrected chi connectivity index (χ2v) is 8.23. The first kappa shape index (κ1) is 25.1. The number of nitrogens with one attached hydrogen (secondary N) is 2. The quantitative estimate of drug-likeness (QED) is 0.527.